The van der Waals surface area contributed by atoms with Crippen molar-refractivity contribution in [3.05, 3.63) is 50.5 Å². The molecule has 0 spiro atoms. The highest BCUT2D eigenvalue weighted by Crippen LogP contribution is 2.51. The molecule has 88 valence electrons. The van der Waals surface area contributed by atoms with Gasteiger partial charge in [0.05, 0.1) is 0 Å². The highest BCUT2D eigenvalue weighted by atomic mass is 79.9. The van der Waals surface area contributed by atoms with Crippen LogP contribution in [-0.4, -0.2) is 0 Å². The average molecular weight is 310 g/mol. The second-order valence-electron chi connectivity index (χ2n) is 5.30. The molecule has 0 fully saturated rings. The van der Waals surface area contributed by atoms with Gasteiger partial charge in [-0.1, -0.05) is 47.4 Å². The topological polar surface area (TPSA) is 0 Å². The summed E-state index contributed by atoms with van der Waals surface area (Å²) in [4.78, 5) is 0. The van der Waals surface area contributed by atoms with Gasteiger partial charge in [-0.25, -0.2) is 0 Å². The van der Waals surface area contributed by atoms with E-state index in [0.29, 0.717) is 0 Å². The van der Waals surface area contributed by atoms with Crippen molar-refractivity contribution < 1.29 is 0 Å². The molecule has 3 rings (SSSR count). The van der Waals surface area contributed by atoms with Gasteiger partial charge in [0.15, 0.2) is 0 Å². The Balaban J connectivity index is 2.28. The van der Waals surface area contributed by atoms with Crippen molar-refractivity contribution in [1.29, 1.82) is 0 Å². The van der Waals surface area contributed by atoms with Crippen LogP contribution in [0.3, 0.4) is 0 Å². The molecule has 2 aliphatic rings. The van der Waals surface area contributed by atoms with E-state index in [9.17, 15) is 0 Å². The Morgan fingerprint density at radius 3 is 2.76 bits per heavy atom. The Bertz CT molecular complexity index is 564. The standard InChI is InChI=1S/C15H14BrCl/c1-15(2)13-6-3-9(16)7-12(13)11-5-4-10(17)8-14(11)15/h3,6-8H,4-5H2,1-2H3. The lowest BCUT2D eigenvalue weighted by Gasteiger charge is -2.24. The quantitative estimate of drug-likeness (QED) is 0.601. The molecular weight excluding hydrogens is 296 g/mol. The fraction of sp³-hybridized carbons (Fsp3) is 0.333. The normalized spacial score (nSPS) is 21.1. The highest BCUT2D eigenvalue weighted by molar-refractivity contribution is 9.10. The van der Waals surface area contributed by atoms with E-state index in [1.54, 1.807) is 0 Å². The van der Waals surface area contributed by atoms with Crippen LogP contribution in [0.25, 0.3) is 5.57 Å². The summed E-state index contributed by atoms with van der Waals surface area (Å²) in [6.45, 7) is 4.57. The lowest BCUT2D eigenvalue weighted by molar-refractivity contribution is 0.650. The number of halogens is 2. The summed E-state index contributed by atoms with van der Waals surface area (Å²) in [5.41, 5.74) is 5.80. The molecule has 0 N–H and O–H groups in total. The molecule has 0 heterocycles. The number of hydrogen-bond acceptors (Lipinski definition) is 0. The second kappa shape index (κ2) is 3.73. The molecule has 0 saturated heterocycles. The monoisotopic (exact) mass is 308 g/mol. The third-order valence-corrected chi connectivity index (χ3v) is 4.68. The second-order valence-corrected chi connectivity index (χ2v) is 6.70. The fourth-order valence-electron chi connectivity index (χ4n) is 2.99. The molecule has 0 amide bonds. The highest BCUT2D eigenvalue weighted by Gasteiger charge is 2.37. The van der Waals surface area contributed by atoms with Gasteiger partial charge >= 0.3 is 0 Å². The first-order valence-electron chi connectivity index (χ1n) is 5.90. The van der Waals surface area contributed by atoms with Crippen molar-refractivity contribution in [2.75, 3.05) is 0 Å². The maximum absolute atomic E-state index is 6.20. The van der Waals surface area contributed by atoms with E-state index in [4.69, 9.17) is 11.6 Å². The minimum atomic E-state index is 0.0892. The maximum atomic E-state index is 6.20. The van der Waals surface area contributed by atoms with Crippen LogP contribution < -0.4 is 0 Å². The van der Waals surface area contributed by atoms with E-state index < -0.39 is 0 Å². The van der Waals surface area contributed by atoms with Crippen LogP contribution in [-0.2, 0) is 5.41 Å². The predicted molar refractivity (Wildman–Crippen MR) is 77.3 cm³/mol. The Morgan fingerprint density at radius 2 is 2.00 bits per heavy atom. The molecule has 0 radical (unpaired) electrons. The van der Waals surface area contributed by atoms with Crippen LogP contribution in [0, 0.1) is 0 Å². The first-order valence-corrected chi connectivity index (χ1v) is 7.07. The van der Waals surface area contributed by atoms with E-state index >= 15 is 0 Å². The smallest absolute Gasteiger partial charge is 0.0187 e. The Morgan fingerprint density at radius 1 is 1.24 bits per heavy atom. The Kier molecular flexibility index (Phi) is 2.53. The predicted octanol–water partition coefficient (Wildman–Crippen LogP) is 5.41. The summed E-state index contributed by atoms with van der Waals surface area (Å²) in [5.74, 6) is 0. The van der Waals surface area contributed by atoms with Crippen LogP contribution in [0.15, 0.2) is 39.4 Å². The molecule has 0 unspecified atom stereocenters. The molecule has 0 aliphatic heterocycles. The van der Waals surface area contributed by atoms with Crippen molar-refractivity contribution in [3.63, 3.8) is 0 Å². The lowest BCUT2D eigenvalue weighted by atomic mass is 9.80. The number of benzene rings is 1. The largest absolute Gasteiger partial charge is 0.0891 e. The molecule has 1 aromatic rings. The van der Waals surface area contributed by atoms with Gasteiger partial charge in [-0.15, -0.1) is 0 Å². The zero-order valence-electron chi connectivity index (χ0n) is 9.98. The van der Waals surface area contributed by atoms with Gasteiger partial charge in [-0.05, 0) is 53.3 Å². The summed E-state index contributed by atoms with van der Waals surface area (Å²) in [6.07, 6.45) is 4.22. The van der Waals surface area contributed by atoms with Crippen molar-refractivity contribution in [2.45, 2.75) is 32.1 Å². The van der Waals surface area contributed by atoms with Gasteiger partial charge in [0.2, 0.25) is 0 Å². The summed E-state index contributed by atoms with van der Waals surface area (Å²) >= 11 is 9.77. The van der Waals surface area contributed by atoms with Crippen molar-refractivity contribution in [1.82, 2.24) is 0 Å². The van der Waals surface area contributed by atoms with E-state index in [2.05, 4.69) is 54.1 Å². The van der Waals surface area contributed by atoms with E-state index in [1.165, 1.54) is 22.3 Å². The molecule has 0 aromatic heterocycles. The molecule has 2 aliphatic carbocycles. The molecule has 0 nitrogen and oxygen atoms in total. The van der Waals surface area contributed by atoms with E-state index in [1.807, 2.05) is 0 Å². The zero-order valence-corrected chi connectivity index (χ0v) is 12.3. The third-order valence-electron chi connectivity index (χ3n) is 3.89. The first kappa shape index (κ1) is 11.6. The van der Waals surface area contributed by atoms with E-state index in [-0.39, 0.29) is 5.41 Å². The lowest BCUT2D eigenvalue weighted by Crippen LogP contribution is -2.16. The minimum absolute atomic E-state index is 0.0892. The molecular formula is C15H14BrCl. The molecule has 2 heteroatoms. The van der Waals surface area contributed by atoms with Crippen LogP contribution >= 0.6 is 27.5 Å². The third kappa shape index (κ3) is 1.63. The zero-order chi connectivity index (χ0) is 12.2. The van der Waals surface area contributed by atoms with Gasteiger partial charge in [-0.2, -0.15) is 0 Å². The SMILES string of the molecule is CC1(C)C2=C(CCC(Cl)=C2)c2cc(Br)ccc21. The van der Waals surface area contributed by atoms with Crippen molar-refractivity contribution in [2.24, 2.45) is 0 Å². The molecule has 0 saturated carbocycles. The van der Waals surface area contributed by atoms with Crippen LogP contribution in [0.2, 0.25) is 0 Å². The molecule has 0 bridgehead atoms. The molecule has 17 heavy (non-hydrogen) atoms. The number of rotatable bonds is 0. The number of hydrogen-bond donors (Lipinski definition) is 0. The Hall–Kier alpha value is -0.530. The molecule has 1 aromatic carbocycles. The van der Waals surface area contributed by atoms with Crippen LogP contribution in [0.5, 0.6) is 0 Å². The summed E-state index contributed by atoms with van der Waals surface area (Å²) in [6, 6.07) is 6.61. The number of allylic oxidation sites excluding steroid dienone is 4. The van der Waals surface area contributed by atoms with Gasteiger partial charge in [0.1, 0.15) is 0 Å². The minimum Gasteiger partial charge on any atom is -0.0891 e. The molecule has 0 atom stereocenters. The number of fused-ring (bicyclic) bond motifs is 2. The van der Waals surface area contributed by atoms with Gasteiger partial charge in [0.25, 0.3) is 0 Å². The van der Waals surface area contributed by atoms with Crippen molar-refractivity contribution in [3.8, 4) is 0 Å². The summed E-state index contributed by atoms with van der Waals surface area (Å²) in [5, 5.41) is 0.990. The maximum Gasteiger partial charge on any atom is 0.0187 e. The summed E-state index contributed by atoms with van der Waals surface area (Å²) < 4.78 is 1.15. The van der Waals surface area contributed by atoms with E-state index in [0.717, 1.165) is 22.3 Å². The van der Waals surface area contributed by atoms with Gasteiger partial charge in [0, 0.05) is 14.9 Å². The van der Waals surface area contributed by atoms with Crippen LogP contribution in [0.1, 0.15) is 37.8 Å². The average Bonchev–Trinajstić information content (AvgIpc) is 2.48. The fourth-order valence-corrected chi connectivity index (χ4v) is 3.55. The summed E-state index contributed by atoms with van der Waals surface area (Å²) in [7, 11) is 0. The van der Waals surface area contributed by atoms with Crippen LogP contribution in [0.4, 0.5) is 0 Å². The first-order chi connectivity index (χ1) is 8.00. The van der Waals surface area contributed by atoms with Gasteiger partial charge in [-0.3, -0.25) is 0 Å². The van der Waals surface area contributed by atoms with Gasteiger partial charge < -0.3 is 0 Å². The van der Waals surface area contributed by atoms with Crippen molar-refractivity contribution >= 4 is 33.1 Å². The Labute approximate surface area is 115 Å².